The highest BCUT2D eigenvalue weighted by Gasteiger charge is 2.41. The zero-order valence-corrected chi connectivity index (χ0v) is 12.6. The van der Waals surface area contributed by atoms with Crippen LogP contribution in [0.5, 0.6) is 0 Å². The van der Waals surface area contributed by atoms with E-state index in [9.17, 15) is 18.0 Å². The normalized spacial score (nSPS) is 25.6. The second-order valence-corrected chi connectivity index (χ2v) is 7.31. The Morgan fingerprint density at radius 1 is 1.43 bits per heavy atom. The Kier molecular flexibility index (Phi) is 3.05. The first-order valence-electron chi connectivity index (χ1n) is 6.88. The summed E-state index contributed by atoms with van der Waals surface area (Å²) in [4.78, 5) is 24.0. The largest absolute Gasteiger partial charge is 0.349 e. The predicted octanol–water partition coefficient (Wildman–Crippen LogP) is 0.989. The number of amides is 2. The van der Waals surface area contributed by atoms with Crippen molar-refractivity contribution in [2.24, 2.45) is 5.92 Å². The van der Waals surface area contributed by atoms with Crippen molar-refractivity contribution in [1.82, 2.24) is 9.62 Å². The number of sulfonamides is 1. The molecule has 1 saturated carbocycles. The van der Waals surface area contributed by atoms with Crippen LogP contribution in [0.25, 0.3) is 0 Å². The second-order valence-electron chi connectivity index (χ2n) is 5.48. The smallest absolute Gasteiger partial charge is 0.268 e. The van der Waals surface area contributed by atoms with Gasteiger partial charge >= 0.3 is 0 Å². The monoisotopic (exact) mass is 308 g/mol. The lowest BCUT2D eigenvalue weighted by Gasteiger charge is -2.11. The highest BCUT2D eigenvalue weighted by Crippen LogP contribution is 2.32. The Labute approximate surface area is 123 Å². The van der Waals surface area contributed by atoms with Crippen molar-refractivity contribution >= 4 is 21.8 Å². The van der Waals surface area contributed by atoms with E-state index in [2.05, 4.69) is 5.32 Å². The SMILES string of the molecule is CCN1C(=O)c2ccc(C(=O)N[C@@H]3C[C@@H]3C)cc2S1(=O)=O. The first kappa shape index (κ1) is 14.1. The fourth-order valence-electron chi connectivity index (χ4n) is 2.50. The van der Waals surface area contributed by atoms with Gasteiger partial charge in [0.1, 0.15) is 4.90 Å². The van der Waals surface area contributed by atoms with Crippen LogP contribution in [0, 0.1) is 5.92 Å². The van der Waals surface area contributed by atoms with Crippen molar-refractivity contribution in [3.63, 3.8) is 0 Å². The van der Waals surface area contributed by atoms with Gasteiger partial charge in [0.25, 0.3) is 21.8 Å². The third-order valence-electron chi connectivity index (χ3n) is 3.98. The highest BCUT2D eigenvalue weighted by molar-refractivity contribution is 7.90. The molecular weight excluding hydrogens is 292 g/mol. The molecule has 112 valence electrons. The molecule has 7 heteroatoms. The van der Waals surface area contributed by atoms with Crippen LogP contribution in [0.3, 0.4) is 0 Å². The Balaban J connectivity index is 1.96. The summed E-state index contributed by atoms with van der Waals surface area (Å²) in [6, 6.07) is 4.36. The summed E-state index contributed by atoms with van der Waals surface area (Å²) in [6.07, 6.45) is 0.942. The molecule has 3 rings (SSSR count). The van der Waals surface area contributed by atoms with Crippen LogP contribution < -0.4 is 5.32 Å². The molecule has 2 aliphatic rings. The number of hydrogen-bond acceptors (Lipinski definition) is 4. The molecule has 1 heterocycles. The molecule has 1 aliphatic carbocycles. The van der Waals surface area contributed by atoms with Crippen LogP contribution >= 0.6 is 0 Å². The summed E-state index contributed by atoms with van der Waals surface area (Å²) < 4.78 is 25.3. The van der Waals surface area contributed by atoms with E-state index in [1.54, 1.807) is 6.92 Å². The Bertz CT molecular complexity index is 741. The lowest BCUT2D eigenvalue weighted by atomic mass is 10.1. The lowest BCUT2D eigenvalue weighted by molar-refractivity contribution is 0.0874. The van der Waals surface area contributed by atoms with E-state index in [1.807, 2.05) is 6.92 Å². The van der Waals surface area contributed by atoms with Crippen molar-refractivity contribution in [2.75, 3.05) is 6.54 Å². The van der Waals surface area contributed by atoms with Crippen molar-refractivity contribution in [3.8, 4) is 0 Å². The zero-order chi connectivity index (χ0) is 15.4. The van der Waals surface area contributed by atoms with Crippen LogP contribution in [-0.4, -0.2) is 37.1 Å². The average molecular weight is 308 g/mol. The molecule has 1 aromatic carbocycles. The van der Waals surface area contributed by atoms with Crippen molar-refractivity contribution < 1.29 is 18.0 Å². The fraction of sp³-hybridized carbons (Fsp3) is 0.429. The van der Waals surface area contributed by atoms with Gasteiger partial charge in [-0.3, -0.25) is 9.59 Å². The molecular formula is C14H16N2O4S. The van der Waals surface area contributed by atoms with Crippen molar-refractivity contribution in [2.45, 2.75) is 31.2 Å². The minimum Gasteiger partial charge on any atom is -0.349 e. The van der Waals surface area contributed by atoms with Crippen LogP contribution in [0.1, 0.15) is 41.0 Å². The minimum absolute atomic E-state index is 0.0779. The number of carbonyl (C=O) groups is 2. The quantitative estimate of drug-likeness (QED) is 0.902. The third-order valence-corrected chi connectivity index (χ3v) is 5.88. The van der Waals surface area contributed by atoms with Gasteiger partial charge < -0.3 is 5.32 Å². The molecule has 0 bridgehead atoms. The number of rotatable bonds is 3. The summed E-state index contributed by atoms with van der Waals surface area (Å²) in [6.45, 7) is 3.72. The topological polar surface area (TPSA) is 83.6 Å². The van der Waals surface area contributed by atoms with E-state index in [4.69, 9.17) is 0 Å². The minimum atomic E-state index is -3.82. The maximum Gasteiger partial charge on any atom is 0.268 e. The van der Waals surface area contributed by atoms with E-state index in [1.165, 1.54) is 18.2 Å². The van der Waals surface area contributed by atoms with Gasteiger partial charge in [-0.1, -0.05) is 6.92 Å². The lowest BCUT2D eigenvalue weighted by Crippen LogP contribution is -2.29. The maximum absolute atomic E-state index is 12.3. The molecule has 2 atom stereocenters. The number of hydrogen-bond donors (Lipinski definition) is 1. The summed E-state index contributed by atoms with van der Waals surface area (Å²) in [5, 5.41) is 2.84. The van der Waals surface area contributed by atoms with Crippen molar-refractivity contribution in [3.05, 3.63) is 29.3 Å². The summed E-state index contributed by atoms with van der Waals surface area (Å²) >= 11 is 0. The number of nitrogens with zero attached hydrogens (tertiary/aromatic N) is 1. The van der Waals surface area contributed by atoms with Crippen molar-refractivity contribution in [1.29, 1.82) is 0 Å². The molecule has 0 aromatic heterocycles. The van der Waals surface area contributed by atoms with Gasteiger partial charge in [-0.05, 0) is 37.5 Å². The van der Waals surface area contributed by atoms with Gasteiger partial charge in [0.05, 0.1) is 5.56 Å². The molecule has 0 unspecified atom stereocenters. The van der Waals surface area contributed by atoms with Crippen LogP contribution in [0.4, 0.5) is 0 Å². The molecule has 0 radical (unpaired) electrons. The van der Waals surface area contributed by atoms with E-state index >= 15 is 0 Å². The Morgan fingerprint density at radius 2 is 2.10 bits per heavy atom. The van der Waals surface area contributed by atoms with Gasteiger partial charge in [0, 0.05) is 18.2 Å². The predicted molar refractivity (Wildman–Crippen MR) is 75.4 cm³/mol. The number of carbonyl (C=O) groups excluding carboxylic acids is 2. The van der Waals surface area contributed by atoms with Crippen LogP contribution in [0.15, 0.2) is 23.1 Å². The van der Waals surface area contributed by atoms with Gasteiger partial charge in [-0.2, -0.15) is 0 Å². The molecule has 1 aliphatic heterocycles. The van der Waals surface area contributed by atoms with Gasteiger partial charge in [-0.25, -0.2) is 12.7 Å². The highest BCUT2D eigenvalue weighted by atomic mass is 32.2. The summed E-state index contributed by atoms with van der Waals surface area (Å²) in [7, 11) is -3.82. The molecule has 1 N–H and O–H groups in total. The standard InChI is InChI=1S/C14H16N2O4S/c1-3-16-14(18)10-5-4-9(7-12(10)21(16,19)20)13(17)15-11-6-8(11)2/h4-5,7-8,11H,3,6H2,1-2H3,(H,15,17)/t8-,11+/m0/s1. The van der Waals surface area contributed by atoms with Crippen LogP contribution in [-0.2, 0) is 10.0 Å². The molecule has 1 fully saturated rings. The zero-order valence-electron chi connectivity index (χ0n) is 11.8. The fourth-order valence-corrected chi connectivity index (χ4v) is 4.11. The molecule has 21 heavy (non-hydrogen) atoms. The first-order valence-corrected chi connectivity index (χ1v) is 8.32. The molecule has 1 aromatic rings. The van der Waals surface area contributed by atoms with Gasteiger partial charge in [0.2, 0.25) is 0 Å². The van der Waals surface area contributed by atoms with E-state index < -0.39 is 15.9 Å². The number of fused-ring (bicyclic) bond motifs is 1. The summed E-state index contributed by atoms with van der Waals surface area (Å²) in [5.74, 6) is -0.371. The second kappa shape index (κ2) is 4.56. The van der Waals surface area contributed by atoms with E-state index in [0.29, 0.717) is 5.92 Å². The summed E-state index contributed by atoms with van der Waals surface area (Å²) in [5.41, 5.74) is 0.398. The first-order chi connectivity index (χ1) is 9.86. The average Bonchev–Trinajstić information content (AvgIpc) is 3.08. The van der Waals surface area contributed by atoms with E-state index in [-0.39, 0.29) is 34.5 Å². The third kappa shape index (κ3) is 2.12. The molecule has 0 saturated heterocycles. The van der Waals surface area contributed by atoms with Gasteiger partial charge in [-0.15, -0.1) is 0 Å². The molecule has 6 nitrogen and oxygen atoms in total. The maximum atomic E-state index is 12.3. The van der Waals surface area contributed by atoms with Crippen LogP contribution in [0.2, 0.25) is 0 Å². The Morgan fingerprint density at radius 3 is 2.67 bits per heavy atom. The Hall–Kier alpha value is -1.89. The number of nitrogens with one attached hydrogen (secondary N) is 1. The van der Waals surface area contributed by atoms with E-state index in [0.717, 1.165) is 10.7 Å². The van der Waals surface area contributed by atoms with Gasteiger partial charge in [0.15, 0.2) is 0 Å². The number of benzene rings is 1. The molecule has 2 amide bonds. The molecule has 0 spiro atoms.